The Morgan fingerprint density at radius 3 is 2.78 bits per heavy atom. The molecule has 3 rings (SSSR count). The number of nitrogens with zero attached hydrogens (tertiary/aromatic N) is 1. The lowest BCUT2D eigenvalue weighted by Gasteiger charge is -2.03. The summed E-state index contributed by atoms with van der Waals surface area (Å²) in [4.78, 5) is 0. The van der Waals surface area contributed by atoms with Crippen molar-refractivity contribution in [3.8, 4) is 11.3 Å². The smallest absolute Gasteiger partial charge is 0.171 e. The van der Waals surface area contributed by atoms with E-state index in [0.717, 1.165) is 23.4 Å². The second-order valence-corrected chi connectivity index (χ2v) is 4.27. The predicted molar refractivity (Wildman–Crippen MR) is 72.2 cm³/mol. The van der Waals surface area contributed by atoms with Crippen molar-refractivity contribution in [1.82, 2.24) is 10.5 Å². The van der Waals surface area contributed by atoms with Crippen molar-refractivity contribution in [1.29, 1.82) is 0 Å². The molecule has 0 saturated carbocycles. The van der Waals surface area contributed by atoms with E-state index in [1.807, 2.05) is 19.2 Å². The van der Waals surface area contributed by atoms with Gasteiger partial charge >= 0.3 is 0 Å². The van der Waals surface area contributed by atoms with Gasteiger partial charge in [0.2, 0.25) is 0 Å². The number of hydrogen-bond donors (Lipinski definition) is 1. The zero-order valence-electron chi connectivity index (χ0n) is 10.2. The third kappa shape index (κ3) is 1.89. The van der Waals surface area contributed by atoms with Crippen molar-refractivity contribution in [3.05, 3.63) is 54.2 Å². The van der Waals surface area contributed by atoms with Crippen LogP contribution in [0.25, 0.3) is 22.1 Å². The van der Waals surface area contributed by atoms with Gasteiger partial charge < -0.3 is 9.84 Å². The summed E-state index contributed by atoms with van der Waals surface area (Å²) in [5.41, 5.74) is 2.14. The zero-order chi connectivity index (χ0) is 12.4. The molecule has 2 aromatic carbocycles. The fraction of sp³-hybridized carbons (Fsp3) is 0.133. The van der Waals surface area contributed by atoms with Gasteiger partial charge in [-0.15, -0.1) is 0 Å². The molecule has 3 heteroatoms. The van der Waals surface area contributed by atoms with Crippen LogP contribution >= 0.6 is 0 Å². The minimum Gasteiger partial charge on any atom is -0.356 e. The molecule has 3 nitrogen and oxygen atoms in total. The summed E-state index contributed by atoms with van der Waals surface area (Å²) in [5.74, 6) is 0.843. The van der Waals surface area contributed by atoms with E-state index in [-0.39, 0.29) is 0 Å². The van der Waals surface area contributed by atoms with Gasteiger partial charge in [-0.3, -0.25) is 0 Å². The lowest BCUT2D eigenvalue weighted by atomic mass is 10.0. The van der Waals surface area contributed by atoms with Crippen molar-refractivity contribution in [2.24, 2.45) is 0 Å². The Kier molecular flexibility index (Phi) is 2.82. The van der Waals surface area contributed by atoms with Crippen molar-refractivity contribution in [2.45, 2.75) is 6.54 Å². The fourth-order valence-electron chi connectivity index (χ4n) is 2.14. The molecular weight excluding hydrogens is 224 g/mol. The first kappa shape index (κ1) is 11.0. The topological polar surface area (TPSA) is 38.1 Å². The lowest BCUT2D eigenvalue weighted by Crippen LogP contribution is -2.04. The Labute approximate surface area is 105 Å². The van der Waals surface area contributed by atoms with Crippen LogP contribution in [0, 0.1) is 0 Å². The van der Waals surface area contributed by atoms with Gasteiger partial charge in [0.1, 0.15) is 0 Å². The van der Waals surface area contributed by atoms with Gasteiger partial charge in [-0.05, 0) is 23.9 Å². The first-order chi connectivity index (χ1) is 8.88. The monoisotopic (exact) mass is 238 g/mol. The van der Waals surface area contributed by atoms with Crippen LogP contribution in [-0.2, 0) is 6.54 Å². The van der Waals surface area contributed by atoms with Crippen molar-refractivity contribution in [2.75, 3.05) is 7.05 Å². The van der Waals surface area contributed by atoms with E-state index in [1.54, 1.807) is 6.20 Å². The van der Waals surface area contributed by atoms with Crippen LogP contribution in [0.15, 0.2) is 53.2 Å². The van der Waals surface area contributed by atoms with E-state index in [1.165, 1.54) is 10.8 Å². The summed E-state index contributed by atoms with van der Waals surface area (Å²) in [6.45, 7) is 0.756. The molecule has 0 aliphatic carbocycles. The molecule has 0 amide bonds. The summed E-state index contributed by atoms with van der Waals surface area (Å²) in [6, 6.07) is 14.6. The third-order valence-electron chi connectivity index (χ3n) is 3.02. The van der Waals surface area contributed by atoms with Crippen LogP contribution in [0.1, 0.15) is 5.56 Å². The Bertz CT molecular complexity index is 673. The van der Waals surface area contributed by atoms with Crippen molar-refractivity contribution in [3.63, 3.8) is 0 Å². The molecule has 1 N–H and O–H groups in total. The van der Waals surface area contributed by atoms with Gasteiger partial charge in [-0.2, -0.15) is 0 Å². The van der Waals surface area contributed by atoms with Crippen LogP contribution < -0.4 is 5.32 Å². The largest absolute Gasteiger partial charge is 0.356 e. The summed E-state index contributed by atoms with van der Waals surface area (Å²) in [5, 5.41) is 9.44. The molecule has 0 radical (unpaired) electrons. The van der Waals surface area contributed by atoms with E-state index in [0.29, 0.717) is 0 Å². The van der Waals surface area contributed by atoms with Gasteiger partial charge in [-0.1, -0.05) is 41.6 Å². The highest BCUT2D eigenvalue weighted by molar-refractivity contribution is 5.86. The highest BCUT2D eigenvalue weighted by Crippen LogP contribution is 2.27. The number of fused-ring (bicyclic) bond motifs is 1. The van der Waals surface area contributed by atoms with E-state index >= 15 is 0 Å². The molecule has 0 aliphatic rings. The summed E-state index contributed by atoms with van der Waals surface area (Å²) >= 11 is 0. The molecule has 0 fully saturated rings. The molecule has 0 bridgehead atoms. The normalized spacial score (nSPS) is 10.9. The van der Waals surface area contributed by atoms with E-state index in [2.05, 4.69) is 40.8 Å². The molecule has 1 heterocycles. The molecule has 90 valence electrons. The standard InChI is InChI=1S/C15H14N2O/c1-16-9-14-10-17-18-15(14)13-7-6-11-4-2-3-5-12(11)8-13/h2-8,10,16H,9H2,1H3. The van der Waals surface area contributed by atoms with Crippen LogP contribution in [0.4, 0.5) is 0 Å². The number of aromatic nitrogens is 1. The fourth-order valence-corrected chi connectivity index (χ4v) is 2.14. The minimum absolute atomic E-state index is 0.756. The number of benzene rings is 2. The maximum absolute atomic E-state index is 5.36. The van der Waals surface area contributed by atoms with Gasteiger partial charge in [0.25, 0.3) is 0 Å². The van der Waals surface area contributed by atoms with Crippen LogP contribution in [0.5, 0.6) is 0 Å². The zero-order valence-corrected chi connectivity index (χ0v) is 10.2. The maximum Gasteiger partial charge on any atom is 0.171 e. The average Bonchev–Trinajstić information content (AvgIpc) is 2.87. The molecule has 0 spiro atoms. The van der Waals surface area contributed by atoms with Crippen LogP contribution in [0.3, 0.4) is 0 Å². The Hall–Kier alpha value is -2.13. The molecule has 0 aliphatic heterocycles. The Morgan fingerprint density at radius 2 is 1.94 bits per heavy atom. The highest BCUT2D eigenvalue weighted by Gasteiger charge is 2.10. The Morgan fingerprint density at radius 1 is 1.11 bits per heavy atom. The number of nitrogens with one attached hydrogen (secondary N) is 1. The number of rotatable bonds is 3. The minimum atomic E-state index is 0.756. The Balaban J connectivity index is 2.10. The maximum atomic E-state index is 5.36. The molecule has 0 unspecified atom stereocenters. The van der Waals surface area contributed by atoms with Crippen LogP contribution in [0.2, 0.25) is 0 Å². The predicted octanol–water partition coefficient (Wildman–Crippen LogP) is 3.21. The van der Waals surface area contributed by atoms with Gasteiger partial charge in [0, 0.05) is 17.7 Å². The lowest BCUT2D eigenvalue weighted by molar-refractivity contribution is 0.431. The summed E-state index contributed by atoms with van der Waals surface area (Å²) < 4.78 is 5.36. The quantitative estimate of drug-likeness (QED) is 0.761. The molecule has 1 aromatic heterocycles. The summed E-state index contributed by atoms with van der Waals surface area (Å²) in [7, 11) is 1.91. The molecule has 18 heavy (non-hydrogen) atoms. The second-order valence-electron chi connectivity index (χ2n) is 4.27. The van der Waals surface area contributed by atoms with E-state index in [9.17, 15) is 0 Å². The SMILES string of the molecule is CNCc1cnoc1-c1ccc2ccccc2c1. The molecule has 0 saturated heterocycles. The molecule has 3 aromatic rings. The number of hydrogen-bond acceptors (Lipinski definition) is 3. The summed E-state index contributed by atoms with van der Waals surface area (Å²) in [6.07, 6.45) is 1.76. The molecule has 0 atom stereocenters. The second kappa shape index (κ2) is 4.63. The van der Waals surface area contributed by atoms with Crippen molar-refractivity contribution < 1.29 is 4.52 Å². The van der Waals surface area contributed by atoms with Gasteiger partial charge in [-0.25, -0.2) is 0 Å². The average molecular weight is 238 g/mol. The first-order valence-electron chi connectivity index (χ1n) is 5.96. The third-order valence-corrected chi connectivity index (χ3v) is 3.02. The van der Waals surface area contributed by atoms with Gasteiger partial charge in [0.05, 0.1) is 6.20 Å². The van der Waals surface area contributed by atoms with Crippen LogP contribution in [-0.4, -0.2) is 12.2 Å². The van der Waals surface area contributed by atoms with E-state index < -0.39 is 0 Å². The van der Waals surface area contributed by atoms with Crippen molar-refractivity contribution >= 4 is 10.8 Å². The highest BCUT2D eigenvalue weighted by atomic mass is 16.5. The van der Waals surface area contributed by atoms with Gasteiger partial charge in [0.15, 0.2) is 5.76 Å². The van der Waals surface area contributed by atoms with E-state index in [4.69, 9.17) is 4.52 Å². The first-order valence-corrected chi connectivity index (χ1v) is 5.96. The molecular formula is C15H14N2O.